The fourth-order valence-corrected chi connectivity index (χ4v) is 1.77. The second kappa shape index (κ2) is 5.50. The number of hydrogen-bond acceptors (Lipinski definition) is 4. The Bertz CT molecular complexity index is 393. The average molecular weight is 249 g/mol. The van der Waals surface area contributed by atoms with Crippen LogP contribution >= 0.6 is 0 Å². The van der Waals surface area contributed by atoms with Gasteiger partial charge in [0.25, 0.3) is 0 Å². The maximum Gasteiger partial charge on any atom is 0.325 e. The molecule has 1 aliphatic heterocycles. The van der Waals surface area contributed by atoms with Crippen molar-refractivity contribution in [3.05, 3.63) is 35.9 Å². The Labute approximate surface area is 107 Å². The van der Waals surface area contributed by atoms with Crippen LogP contribution in [0, 0.1) is 0 Å². The van der Waals surface area contributed by atoms with Gasteiger partial charge in [0.1, 0.15) is 12.6 Å². The lowest BCUT2D eigenvalue weighted by atomic mass is 10.1. The van der Waals surface area contributed by atoms with Gasteiger partial charge in [0.05, 0.1) is 12.2 Å². The van der Waals surface area contributed by atoms with Crippen molar-refractivity contribution in [2.24, 2.45) is 0 Å². The summed E-state index contributed by atoms with van der Waals surface area (Å²) in [5, 5.41) is 3.15. The van der Waals surface area contributed by atoms with E-state index in [1.54, 1.807) is 0 Å². The van der Waals surface area contributed by atoms with Crippen LogP contribution in [0.1, 0.15) is 19.4 Å². The van der Waals surface area contributed by atoms with Gasteiger partial charge in [-0.2, -0.15) is 0 Å². The molecule has 0 radical (unpaired) electrons. The highest BCUT2D eigenvalue weighted by Crippen LogP contribution is 2.14. The van der Waals surface area contributed by atoms with Gasteiger partial charge in [0.2, 0.25) is 0 Å². The normalized spacial score (nSPS) is 22.4. The molecule has 4 heteroatoms. The van der Waals surface area contributed by atoms with E-state index in [4.69, 9.17) is 9.47 Å². The molecule has 98 valence electrons. The molecule has 4 nitrogen and oxygen atoms in total. The summed E-state index contributed by atoms with van der Waals surface area (Å²) in [7, 11) is 0. The minimum Gasteiger partial charge on any atom is -0.460 e. The summed E-state index contributed by atoms with van der Waals surface area (Å²) in [4.78, 5) is 11.8. The van der Waals surface area contributed by atoms with E-state index < -0.39 is 0 Å². The van der Waals surface area contributed by atoms with E-state index in [2.05, 4.69) is 5.32 Å². The molecule has 1 aliphatic rings. The van der Waals surface area contributed by atoms with E-state index in [0.29, 0.717) is 19.8 Å². The molecule has 2 rings (SSSR count). The maximum absolute atomic E-state index is 11.8. The second-order valence-corrected chi connectivity index (χ2v) is 5.10. The molecular formula is C14H19NO3. The molecule has 0 bridgehead atoms. The number of hydrogen-bond donors (Lipinski definition) is 1. The number of morpholine rings is 1. The molecule has 1 atom stereocenters. The third-order valence-electron chi connectivity index (χ3n) is 2.92. The molecule has 1 unspecified atom stereocenters. The van der Waals surface area contributed by atoms with Crippen molar-refractivity contribution in [1.29, 1.82) is 0 Å². The first-order chi connectivity index (χ1) is 8.57. The lowest BCUT2D eigenvalue weighted by Crippen LogP contribution is -2.54. The summed E-state index contributed by atoms with van der Waals surface area (Å²) in [6, 6.07) is 9.29. The van der Waals surface area contributed by atoms with Gasteiger partial charge in [0.15, 0.2) is 0 Å². The lowest BCUT2D eigenvalue weighted by Gasteiger charge is -2.34. The monoisotopic (exact) mass is 249 g/mol. The Morgan fingerprint density at radius 2 is 2.17 bits per heavy atom. The number of rotatable bonds is 3. The van der Waals surface area contributed by atoms with Gasteiger partial charge in [-0.1, -0.05) is 30.3 Å². The Morgan fingerprint density at radius 1 is 1.44 bits per heavy atom. The molecule has 1 heterocycles. The lowest BCUT2D eigenvalue weighted by molar-refractivity contribution is -0.155. The van der Waals surface area contributed by atoms with Gasteiger partial charge in [-0.15, -0.1) is 0 Å². The molecule has 0 amide bonds. The third-order valence-corrected chi connectivity index (χ3v) is 2.92. The summed E-state index contributed by atoms with van der Waals surface area (Å²) < 4.78 is 10.8. The zero-order valence-electron chi connectivity index (χ0n) is 10.8. The van der Waals surface area contributed by atoms with Gasteiger partial charge in [0, 0.05) is 6.54 Å². The van der Waals surface area contributed by atoms with Gasteiger partial charge >= 0.3 is 5.97 Å². The first-order valence-electron chi connectivity index (χ1n) is 6.15. The number of benzene rings is 1. The second-order valence-electron chi connectivity index (χ2n) is 5.10. The van der Waals surface area contributed by atoms with Crippen LogP contribution in [0.5, 0.6) is 0 Å². The van der Waals surface area contributed by atoms with Crippen LogP contribution in [0.25, 0.3) is 0 Å². The Morgan fingerprint density at radius 3 is 2.78 bits per heavy atom. The first-order valence-corrected chi connectivity index (χ1v) is 6.15. The SMILES string of the molecule is CC1(C)CNC(C(=O)OCc2ccccc2)CO1. The van der Waals surface area contributed by atoms with Crippen LogP contribution in [0.4, 0.5) is 0 Å². The smallest absolute Gasteiger partial charge is 0.325 e. The van der Waals surface area contributed by atoms with Crippen LogP contribution in [-0.4, -0.2) is 30.8 Å². The van der Waals surface area contributed by atoms with Crippen LogP contribution in [-0.2, 0) is 20.9 Å². The van der Waals surface area contributed by atoms with Crippen molar-refractivity contribution >= 4 is 5.97 Å². The number of carbonyl (C=O) groups excluding carboxylic acids is 1. The predicted molar refractivity (Wildman–Crippen MR) is 68.1 cm³/mol. The standard InChI is InChI=1S/C14H19NO3/c1-14(2)10-15-12(9-18-14)13(16)17-8-11-6-4-3-5-7-11/h3-7,12,15H,8-10H2,1-2H3. The zero-order valence-corrected chi connectivity index (χ0v) is 10.8. The van der Waals surface area contributed by atoms with Crippen molar-refractivity contribution in [2.45, 2.75) is 32.1 Å². The predicted octanol–water partition coefficient (Wildman–Crippen LogP) is 1.50. The van der Waals surface area contributed by atoms with Crippen molar-refractivity contribution < 1.29 is 14.3 Å². The molecule has 1 N–H and O–H groups in total. The van der Waals surface area contributed by atoms with Crippen LogP contribution in [0.2, 0.25) is 0 Å². The third kappa shape index (κ3) is 3.55. The van der Waals surface area contributed by atoms with Gasteiger partial charge < -0.3 is 9.47 Å². The largest absolute Gasteiger partial charge is 0.460 e. The highest BCUT2D eigenvalue weighted by atomic mass is 16.5. The van der Waals surface area contributed by atoms with Crippen LogP contribution < -0.4 is 5.32 Å². The highest BCUT2D eigenvalue weighted by molar-refractivity contribution is 5.76. The summed E-state index contributed by atoms with van der Waals surface area (Å²) in [6.07, 6.45) is 0. The summed E-state index contributed by atoms with van der Waals surface area (Å²) in [5.41, 5.74) is 0.777. The summed E-state index contributed by atoms with van der Waals surface area (Å²) >= 11 is 0. The van der Waals surface area contributed by atoms with Crippen LogP contribution in [0.3, 0.4) is 0 Å². The van der Waals surface area contributed by atoms with E-state index in [9.17, 15) is 4.79 Å². The molecule has 1 aromatic rings. The fraction of sp³-hybridized carbons (Fsp3) is 0.500. The Hall–Kier alpha value is -1.39. The average Bonchev–Trinajstić information content (AvgIpc) is 2.37. The van der Waals surface area contributed by atoms with Crippen molar-refractivity contribution in [3.63, 3.8) is 0 Å². The zero-order chi connectivity index (χ0) is 13.0. The van der Waals surface area contributed by atoms with E-state index in [1.807, 2.05) is 44.2 Å². The summed E-state index contributed by atoms with van der Waals surface area (Å²) in [6.45, 7) is 5.30. The minimum atomic E-state index is -0.360. The molecule has 0 aliphatic carbocycles. The van der Waals surface area contributed by atoms with E-state index in [-0.39, 0.29) is 17.6 Å². The first kappa shape index (κ1) is 13.1. The quantitative estimate of drug-likeness (QED) is 0.825. The minimum absolute atomic E-state index is 0.212. The Kier molecular flexibility index (Phi) is 3.99. The van der Waals surface area contributed by atoms with E-state index >= 15 is 0 Å². The number of nitrogens with one attached hydrogen (secondary N) is 1. The maximum atomic E-state index is 11.8. The van der Waals surface area contributed by atoms with Gasteiger partial charge in [-0.25, -0.2) is 0 Å². The number of carbonyl (C=O) groups is 1. The molecule has 0 spiro atoms. The number of ether oxygens (including phenoxy) is 2. The number of esters is 1. The van der Waals surface area contributed by atoms with E-state index in [0.717, 1.165) is 5.56 Å². The Balaban J connectivity index is 1.79. The van der Waals surface area contributed by atoms with Crippen molar-refractivity contribution in [3.8, 4) is 0 Å². The summed E-state index contributed by atoms with van der Waals surface area (Å²) in [5.74, 6) is -0.255. The fourth-order valence-electron chi connectivity index (χ4n) is 1.77. The topological polar surface area (TPSA) is 47.6 Å². The highest BCUT2D eigenvalue weighted by Gasteiger charge is 2.31. The van der Waals surface area contributed by atoms with Crippen molar-refractivity contribution in [2.75, 3.05) is 13.2 Å². The molecule has 1 aromatic carbocycles. The molecular weight excluding hydrogens is 230 g/mol. The molecule has 18 heavy (non-hydrogen) atoms. The molecule has 1 saturated heterocycles. The van der Waals surface area contributed by atoms with Crippen LogP contribution in [0.15, 0.2) is 30.3 Å². The molecule has 1 fully saturated rings. The molecule has 0 saturated carbocycles. The van der Waals surface area contributed by atoms with Gasteiger partial charge in [-0.3, -0.25) is 10.1 Å². The van der Waals surface area contributed by atoms with Gasteiger partial charge in [-0.05, 0) is 19.4 Å². The molecule has 0 aromatic heterocycles. The van der Waals surface area contributed by atoms with Crippen molar-refractivity contribution in [1.82, 2.24) is 5.32 Å². The van der Waals surface area contributed by atoms with E-state index in [1.165, 1.54) is 0 Å².